The topological polar surface area (TPSA) is 41.5 Å². The van der Waals surface area contributed by atoms with Gasteiger partial charge in [-0.1, -0.05) is 97.1 Å². The van der Waals surface area contributed by atoms with Crippen LogP contribution in [0.3, 0.4) is 0 Å². The van der Waals surface area contributed by atoms with Crippen LogP contribution in [0.1, 0.15) is 0 Å². The monoisotopic (exact) mass is 810 g/mol. The van der Waals surface area contributed by atoms with Crippen LogP contribution >= 0.6 is 0 Å². The summed E-state index contributed by atoms with van der Waals surface area (Å²) >= 11 is 0. The van der Waals surface area contributed by atoms with Gasteiger partial charge in [-0.3, -0.25) is 0 Å². The highest BCUT2D eigenvalue weighted by Crippen LogP contribution is 2.48. The SMILES string of the molecule is COc1ccc(-c2cc3c4cc(-c5ccc(OC)cc5)c5cc6c(cc5c4oc3c3cc4c5ccccc5n(-c5ccccc5)c4cc23)c2ccccc2n6-c2ccccc2)cc1. The van der Waals surface area contributed by atoms with Gasteiger partial charge in [0, 0.05) is 54.5 Å². The second-order valence-corrected chi connectivity index (χ2v) is 16.4. The second-order valence-electron chi connectivity index (χ2n) is 16.4. The fraction of sp³-hybridized carbons (Fsp3) is 0.0345. The van der Waals surface area contributed by atoms with Crippen molar-refractivity contribution in [3.63, 3.8) is 0 Å². The van der Waals surface area contributed by atoms with Crippen molar-refractivity contribution in [3.8, 4) is 45.1 Å². The molecule has 0 bridgehead atoms. The van der Waals surface area contributed by atoms with Gasteiger partial charge in [-0.2, -0.15) is 0 Å². The molecule has 0 fully saturated rings. The molecule has 0 N–H and O–H groups in total. The van der Waals surface area contributed by atoms with Crippen molar-refractivity contribution in [3.05, 3.63) is 194 Å². The molecule has 5 heteroatoms. The molecule has 0 saturated heterocycles. The minimum absolute atomic E-state index is 0.819. The van der Waals surface area contributed by atoms with Crippen molar-refractivity contribution >= 4 is 87.1 Å². The van der Waals surface area contributed by atoms with Gasteiger partial charge in [0.2, 0.25) is 0 Å². The molecule has 0 saturated carbocycles. The Morgan fingerprint density at radius 1 is 0.317 bits per heavy atom. The highest BCUT2D eigenvalue weighted by molar-refractivity contribution is 6.29. The molecule has 0 aliphatic carbocycles. The Kier molecular flexibility index (Phi) is 7.67. The Morgan fingerprint density at radius 3 is 1.11 bits per heavy atom. The highest BCUT2D eigenvalue weighted by Gasteiger charge is 2.23. The maximum atomic E-state index is 7.39. The van der Waals surface area contributed by atoms with Crippen molar-refractivity contribution in [1.82, 2.24) is 9.13 Å². The average molecular weight is 811 g/mol. The summed E-state index contributed by atoms with van der Waals surface area (Å²) in [5, 5.41) is 11.3. The summed E-state index contributed by atoms with van der Waals surface area (Å²) in [5.74, 6) is 1.64. The fourth-order valence-electron chi connectivity index (χ4n) is 10.2. The van der Waals surface area contributed by atoms with Gasteiger partial charge in [-0.05, 0) is 130 Å². The molecular formula is C58H38N2O3. The number of rotatable bonds is 6. The zero-order valence-corrected chi connectivity index (χ0v) is 34.6. The number of para-hydroxylation sites is 4. The maximum Gasteiger partial charge on any atom is 0.143 e. The van der Waals surface area contributed by atoms with Crippen molar-refractivity contribution < 1.29 is 13.9 Å². The lowest BCUT2D eigenvalue weighted by Gasteiger charge is -2.12. The van der Waals surface area contributed by atoms with Gasteiger partial charge in [0.1, 0.15) is 22.7 Å². The van der Waals surface area contributed by atoms with E-state index in [4.69, 9.17) is 13.9 Å². The van der Waals surface area contributed by atoms with Crippen LogP contribution in [0, 0.1) is 0 Å². The number of hydrogen-bond acceptors (Lipinski definition) is 3. The molecule has 0 amide bonds. The molecule has 5 nitrogen and oxygen atoms in total. The predicted molar refractivity (Wildman–Crippen MR) is 261 cm³/mol. The number of fused-ring (bicyclic) bond motifs is 13. The number of methoxy groups -OCH3 is 2. The number of aromatic nitrogens is 2. The van der Waals surface area contributed by atoms with Gasteiger partial charge in [0.15, 0.2) is 0 Å². The number of nitrogens with zero attached hydrogens (tertiary/aromatic N) is 2. The van der Waals surface area contributed by atoms with Crippen molar-refractivity contribution in [2.24, 2.45) is 0 Å². The van der Waals surface area contributed by atoms with E-state index in [0.717, 1.165) is 111 Å². The van der Waals surface area contributed by atoms with Crippen LogP contribution in [0.25, 0.3) is 121 Å². The third-order valence-corrected chi connectivity index (χ3v) is 13.1. The number of furan rings is 1. The smallest absolute Gasteiger partial charge is 0.143 e. The normalized spacial score (nSPS) is 12.0. The Bertz CT molecular complexity index is 3690. The van der Waals surface area contributed by atoms with Crippen LogP contribution in [0.15, 0.2) is 199 Å². The second kappa shape index (κ2) is 13.6. The van der Waals surface area contributed by atoms with E-state index in [9.17, 15) is 0 Å². The summed E-state index contributed by atoms with van der Waals surface area (Å²) in [6.45, 7) is 0. The van der Waals surface area contributed by atoms with Gasteiger partial charge >= 0.3 is 0 Å². The Hall–Kier alpha value is -8.28. The summed E-state index contributed by atoms with van der Waals surface area (Å²) in [6.07, 6.45) is 0. The molecule has 0 atom stereocenters. The molecule has 3 heterocycles. The standard InChI is InChI=1S/C58H38N2O3/c1-61-39-25-21-35(22-26-39)43-29-51-52-30-44(36-23-27-40(62-2)28-24-36)46-34-56-48(42-18-10-12-20-54(42)60(56)38-15-7-4-8-16-38)32-50(46)58(52)63-57(51)49-31-47-41-17-9-11-19-53(41)59(55(47)33-45(43)49)37-13-5-3-6-14-37/h3-34H,1-2H3. The molecular weight excluding hydrogens is 773 g/mol. The molecule has 0 radical (unpaired) electrons. The Balaban J connectivity index is 1.20. The summed E-state index contributed by atoms with van der Waals surface area (Å²) in [7, 11) is 3.43. The molecule has 13 rings (SSSR count). The van der Waals surface area contributed by atoms with E-state index in [1.165, 1.54) is 21.5 Å². The highest BCUT2D eigenvalue weighted by atomic mass is 16.5. The van der Waals surface area contributed by atoms with E-state index in [0.29, 0.717) is 0 Å². The first-order valence-electron chi connectivity index (χ1n) is 21.3. The molecule has 0 aliphatic heterocycles. The Morgan fingerprint density at radius 2 is 0.698 bits per heavy atom. The van der Waals surface area contributed by atoms with Gasteiger partial charge in [-0.25, -0.2) is 0 Å². The first-order valence-corrected chi connectivity index (χ1v) is 21.3. The van der Waals surface area contributed by atoms with Crippen LogP contribution in [-0.2, 0) is 0 Å². The molecule has 0 aliphatic rings. The molecule has 298 valence electrons. The van der Waals surface area contributed by atoms with E-state index in [1.54, 1.807) is 14.2 Å². The third-order valence-electron chi connectivity index (χ3n) is 13.1. The van der Waals surface area contributed by atoms with Gasteiger partial charge in [0.05, 0.1) is 36.3 Å². The van der Waals surface area contributed by atoms with E-state index in [2.05, 4.69) is 179 Å². The van der Waals surface area contributed by atoms with Crippen molar-refractivity contribution in [1.29, 1.82) is 0 Å². The molecule has 10 aromatic carbocycles. The number of benzene rings is 10. The van der Waals surface area contributed by atoms with E-state index < -0.39 is 0 Å². The summed E-state index contributed by atoms with van der Waals surface area (Å²) < 4.78 is 23.4. The van der Waals surface area contributed by atoms with Crippen molar-refractivity contribution in [2.75, 3.05) is 14.2 Å². The predicted octanol–water partition coefficient (Wildman–Crippen LogP) is 15.4. The lowest BCUT2D eigenvalue weighted by atomic mass is 9.91. The molecule has 63 heavy (non-hydrogen) atoms. The van der Waals surface area contributed by atoms with Gasteiger partial charge < -0.3 is 23.0 Å². The third kappa shape index (κ3) is 5.23. The Labute approximate surface area is 362 Å². The molecule has 13 aromatic rings. The van der Waals surface area contributed by atoms with Crippen LogP contribution in [0.5, 0.6) is 11.5 Å². The fourth-order valence-corrected chi connectivity index (χ4v) is 10.2. The first-order chi connectivity index (χ1) is 31.1. The molecule has 3 aromatic heterocycles. The summed E-state index contributed by atoms with van der Waals surface area (Å²) in [6, 6.07) is 69.7. The number of ether oxygens (including phenoxy) is 2. The zero-order valence-electron chi connectivity index (χ0n) is 34.6. The molecule has 0 unspecified atom stereocenters. The van der Waals surface area contributed by atoms with E-state index in [-0.39, 0.29) is 0 Å². The van der Waals surface area contributed by atoms with Crippen LogP contribution in [0.2, 0.25) is 0 Å². The number of hydrogen-bond donors (Lipinski definition) is 0. The lowest BCUT2D eigenvalue weighted by Crippen LogP contribution is -1.93. The van der Waals surface area contributed by atoms with Gasteiger partial charge in [0.25, 0.3) is 0 Å². The van der Waals surface area contributed by atoms with Crippen LogP contribution in [-0.4, -0.2) is 23.4 Å². The lowest BCUT2D eigenvalue weighted by molar-refractivity contribution is 0.415. The summed E-state index contributed by atoms with van der Waals surface area (Å²) in [5.41, 5.74) is 13.1. The zero-order chi connectivity index (χ0) is 41.8. The van der Waals surface area contributed by atoms with Gasteiger partial charge in [-0.15, -0.1) is 0 Å². The van der Waals surface area contributed by atoms with Crippen molar-refractivity contribution in [2.45, 2.75) is 0 Å². The van der Waals surface area contributed by atoms with E-state index in [1.807, 2.05) is 24.3 Å². The maximum absolute atomic E-state index is 7.39. The minimum atomic E-state index is 0.819. The quantitative estimate of drug-likeness (QED) is 0.168. The van der Waals surface area contributed by atoms with Crippen LogP contribution < -0.4 is 9.47 Å². The largest absolute Gasteiger partial charge is 0.497 e. The average Bonchev–Trinajstić information content (AvgIpc) is 4.00. The van der Waals surface area contributed by atoms with E-state index >= 15 is 0 Å². The summed E-state index contributed by atoms with van der Waals surface area (Å²) in [4.78, 5) is 0. The molecule has 0 spiro atoms. The minimum Gasteiger partial charge on any atom is -0.497 e. The van der Waals surface area contributed by atoms with Crippen LogP contribution in [0.4, 0.5) is 0 Å². The first kappa shape index (κ1) is 35.5.